The Kier molecular flexibility index (Phi) is 4.18. The van der Waals surface area contributed by atoms with Crippen LogP contribution in [0.4, 0.5) is 4.79 Å². The first-order valence-electron chi connectivity index (χ1n) is 8.23. The third kappa shape index (κ3) is 3.40. The van der Waals surface area contributed by atoms with Crippen molar-refractivity contribution in [2.45, 2.75) is 64.6 Å². The fraction of sp³-hybridized carbons (Fsp3) is 0.526. The zero-order chi connectivity index (χ0) is 16.8. The zero-order valence-corrected chi connectivity index (χ0v) is 15.0. The second-order valence-corrected chi connectivity index (χ2v) is 7.95. The summed E-state index contributed by atoms with van der Waals surface area (Å²) in [5, 5.41) is 0.795. The van der Waals surface area contributed by atoms with Gasteiger partial charge in [0.25, 0.3) is 0 Å². The van der Waals surface area contributed by atoms with Gasteiger partial charge in [0, 0.05) is 11.1 Å². The first-order chi connectivity index (χ1) is 10.7. The molecule has 3 nitrogen and oxygen atoms in total. The summed E-state index contributed by atoms with van der Waals surface area (Å²) in [5.74, 6) is 0. The molecule has 3 rings (SSSR count). The zero-order valence-electron chi connectivity index (χ0n) is 14.2. The van der Waals surface area contributed by atoms with Crippen molar-refractivity contribution in [2.75, 3.05) is 0 Å². The lowest BCUT2D eigenvalue weighted by atomic mass is 9.94. The number of benzene rings is 1. The van der Waals surface area contributed by atoms with Gasteiger partial charge in [0.2, 0.25) is 0 Å². The van der Waals surface area contributed by atoms with Gasteiger partial charge in [0.05, 0.1) is 6.04 Å². The van der Waals surface area contributed by atoms with Crippen LogP contribution in [0.5, 0.6) is 0 Å². The Morgan fingerprint density at radius 1 is 1.30 bits per heavy atom. The van der Waals surface area contributed by atoms with Crippen LogP contribution in [0.1, 0.15) is 51.2 Å². The molecule has 1 aromatic carbocycles. The monoisotopic (exact) mass is 333 g/mol. The number of hydrogen-bond donors (Lipinski definition) is 0. The highest BCUT2D eigenvalue weighted by molar-refractivity contribution is 6.31. The van der Waals surface area contributed by atoms with Crippen molar-refractivity contribution in [3.63, 3.8) is 0 Å². The molecule has 0 saturated carbocycles. The van der Waals surface area contributed by atoms with E-state index in [0.717, 1.165) is 29.8 Å². The first-order valence-corrected chi connectivity index (χ1v) is 8.61. The van der Waals surface area contributed by atoms with Crippen molar-refractivity contribution >= 4 is 23.3 Å². The minimum Gasteiger partial charge on any atom is -0.444 e. The summed E-state index contributed by atoms with van der Waals surface area (Å²) in [6.07, 6.45) is 4.98. The van der Waals surface area contributed by atoms with Crippen molar-refractivity contribution in [1.82, 2.24) is 4.90 Å². The van der Waals surface area contributed by atoms with Crippen LogP contribution in [0, 0.1) is 6.92 Å². The Bertz CT molecular complexity index is 660. The van der Waals surface area contributed by atoms with Crippen LogP contribution in [0.25, 0.3) is 5.57 Å². The lowest BCUT2D eigenvalue weighted by Gasteiger charge is -2.35. The van der Waals surface area contributed by atoms with E-state index >= 15 is 0 Å². The smallest absolute Gasteiger partial charge is 0.411 e. The topological polar surface area (TPSA) is 29.5 Å². The van der Waals surface area contributed by atoms with Gasteiger partial charge in [-0.05, 0) is 69.7 Å². The Morgan fingerprint density at radius 3 is 2.65 bits per heavy atom. The van der Waals surface area contributed by atoms with Gasteiger partial charge >= 0.3 is 6.09 Å². The van der Waals surface area contributed by atoms with Gasteiger partial charge in [0.1, 0.15) is 5.60 Å². The minimum absolute atomic E-state index is 0.148. The molecule has 0 radical (unpaired) electrons. The van der Waals surface area contributed by atoms with Crippen LogP contribution in [-0.2, 0) is 4.74 Å². The number of halogens is 1. The van der Waals surface area contributed by atoms with E-state index in [1.807, 2.05) is 38.7 Å². The molecule has 2 aliphatic heterocycles. The molecule has 1 saturated heterocycles. The summed E-state index contributed by atoms with van der Waals surface area (Å²) in [6.45, 7) is 7.76. The number of carbonyl (C=O) groups excluding carboxylic acids is 1. The maximum absolute atomic E-state index is 12.5. The number of fused-ring (bicyclic) bond motifs is 2. The SMILES string of the molecule is Cc1cc(C2=CC3CCC(C2)N3C(=O)OC(C)(C)C)ccc1Cl. The molecule has 2 bridgehead atoms. The molecule has 2 atom stereocenters. The number of carbonyl (C=O) groups is 1. The number of amides is 1. The van der Waals surface area contributed by atoms with Crippen LogP contribution in [-0.4, -0.2) is 28.7 Å². The van der Waals surface area contributed by atoms with Crippen LogP contribution in [0.2, 0.25) is 5.02 Å². The van der Waals surface area contributed by atoms with E-state index < -0.39 is 5.60 Å². The third-order valence-corrected chi connectivity index (χ3v) is 4.95. The number of rotatable bonds is 1. The summed E-state index contributed by atoms with van der Waals surface area (Å²) >= 11 is 6.13. The Balaban J connectivity index is 1.83. The molecule has 1 fully saturated rings. The molecule has 1 amide bonds. The highest BCUT2D eigenvalue weighted by atomic mass is 35.5. The second kappa shape index (κ2) is 5.86. The maximum Gasteiger partial charge on any atom is 0.411 e. The van der Waals surface area contributed by atoms with E-state index in [2.05, 4.69) is 18.2 Å². The predicted molar refractivity (Wildman–Crippen MR) is 93.7 cm³/mol. The Morgan fingerprint density at radius 2 is 2.04 bits per heavy atom. The summed E-state index contributed by atoms with van der Waals surface area (Å²) < 4.78 is 5.57. The van der Waals surface area contributed by atoms with Gasteiger partial charge < -0.3 is 4.74 Å². The van der Waals surface area contributed by atoms with Crippen molar-refractivity contribution in [3.8, 4) is 0 Å². The Labute approximate surface area is 143 Å². The fourth-order valence-electron chi connectivity index (χ4n) is 3.49. The standard InChI is InChI=1S/C19H24ClNO2/c1-12-9-13(5-8-17(12)20)14-10-15-6-7-16(11-14)21(15)18(22)23-19(2,3)4/h5,8-10,15-16H,6-7,11H2,1-4H3. The van der Waals surface area contributed by atoms with Gasteiger partial charge in [0.15, 0.2) is 0 Å². The minimum atomic E-state index is -0.451. The van der Waals surface area contributed by atoms with Crippen molar-refractivity contribution < 1.29 is 9.53 Å². The highest BCUT2D eigenvalue weighted by Gasteiger charge is 2.41. The van der Waals surface area contributed by atoms with E-state index in [-0.39, 0.29) is 18.2 Å². The molecule has 0 N–H and O–H groups in total. The van der Waals surface area contributed by atoms with Crippen LogP contribution >= 0.6 is 11.6 Å². The van der Waals surface area contributed by atoms with Crippen LogP contribution < -0.4 is 0 Å². The van der Waals surface area contributed by atoms with Crippen LogP contribution in [0.15, 0.2) is 24.3 Å². The summed E-state index contributed by atoms with van der Waals surface area (Å²) in [7, 11) is 0. The molecule has 4 heteroatoms. The molecule has 2 aliphatic rings. The first kappa shape index (κ1) is 16.4. The summed E-state index contributed by atoms with van der Waals surface area (Å²) in [6, 6.07) is 6.55. The predicted octanol–water partition coefficient (Wildman–Crippen LogP) is 5.20. The average molecular weight is 334 g/mol. The average Bonchev–Trinajstić information content (AvgIpc) is 2.71. The number of hydrogen-bond acceptors (Lipinski definition) is 2. The number of nitrogens with zero attached hydrogens (tertiary/aromatic N) is 1. The maximum atomic E-state index is 12.5. The molecule has 2 unspecified atom stereocenters. The van der Waals surface area contributed by atoms with Crippen LogP contribution in [0.3, 0.4) is 0 Å². The largest absolute Gasteiger partial charge is 0.444 e. The molecular weight excluding hydrogens is 310 g/mol. The van der Waals surface area contributed by atoms with Crippen molar-refractivity contribution in [2.24, 2.45) is 0 Å². The number of ether oxygens (including phenoxy) is 1. The summed E-state index contributed by atoms with van der Waals surface area (Å²) in [4.78, 5) is 14.4. The molecule has 2 heterocycles. The second-order valence-electron chi connectivity index (χ2n) is 7.55. The van der Waals surface area contributed by atoms with Gasteiger partial charge in [-0.1, -0.05) is 29.8 Å². The van der Waals surface area contributed by atoms with Gasteiger partial charge in [-0.25, -0.2) is 4.79 Å². The fourth-order valence-corrected chi connectivity index (χ4v) is 3.61. The van der Waals surface area contributed by atoms with Gasteiger partial charge in [-0.2, -0.15) is 0 Å². The molecule has 1 aromatic rings. The third-order valence-electron chi connectivity index (χ3n) is 4.53. The van der Waals surface area contributed by atoms with E-state index in [0.29, 0.717) is 0 Å². The van der Waals surface area contributed by atoms with E-state index in [1.165, 1.54) is 11.1 Å². The van der Waals surface area contributed by atoms with Gasteiger partial charge in [-0.3, -0.25) is 4.90 Å². The quantitative estimate of drug-likeness (QED) is 0.706. The molecule has 0 aliphatic carbocycles. The van der Waals surface area contributed by atoms with E-state index in [9.17, 15) is 4.79 Å². The highest BCUT2D eigenvalue weighted by Crippen LogP contribution is 2.39. The normalized spacial score (nSPS) is 23.7. The van der Waals surface area contributed by atoms with Gasteiger partial charge in [-0.15, -0.1) is 0 Å². The molecular formula is C19H24ClNO2. The van der Waals surface area contributed by atoms with Crippen molar-refractivity contribution in [3.05, 3.63) is 40.4 Å². The molecule has 0 aromatic heterocycles. The molecule has 23 heavy (non-hydrogen) atoms. The van der Waals surface area contributed by atoms with Crippen molar-refractivity contribution in [1.29, 1.82) is 0 Å². The van der Waals surface area contributed by atoms with E-state index in [4.69, 9.17) is 16.3 Å². The van der Waals surface area contributed by atoms with E-state index in [1.54, 1.807) is 0 Å². The molecule has 0 spiro atoms. The lowest BCUT2D eigenvalue weighted by Crippen LogP contribution is -2.45. The number of aryl methyl sites for hydroxylation is 1. The lowest BCUT2D eigenvalue weighted by molar-refractivity contribution is 0.0175. The molecule has 124 valence electrons. The summed E-state index contributed by atoms with van der Waals surface area (Å²) in [5.41, 5.74) is 3.17. The Hall–Kier alpha value is -1.48.